The number of hydrogen-bond donors (Lipinski definition) is 8. The standard InChI is InChI=1S/C46H94N8O15/c47-13-3-1-9-41(49)45(57)53-17-7-21-61-27-33-65-31-25-59-19-5-15-51-43(55)11-23-63-29-35-67-37-39-69-40-38-68-36-30-64-24-12-44(56)52-16-6-20-60-26-32-66-34-28-62-22-8-18-54-46(58)42(50)10-2-4-14-48/h41-42H,1-40,47-50H2,(H,51,55)(H,52,56)(H,53,57)(H,54,58). The lowest BCUT2D eigenvalue weighted by Crippen LogP contribution is -2.41. The quantitative estimate of drug-likeness (QED) is 0.0335. The molecule has 69 heavy (non-hydrogen) atoms. The van der Waals surface area contributed by atoms with Crippen molar-refractivity contribution in [3.05, 3.63) is 0 Å². The molecule has 0 spiro atoms. The summed E-state index contributed by atoms with van der Waals surface area (Å²) >= 11 is 0. The van der Waals surface area contributed by atoms with Crippen LogP contribution in [0.25, 0.3) is 0 Å². The van der Waals surface area contributed by atoms with Crippen molar-refractivity contribution < 1.29 is 71.3 Å². The third-order valence-corrected chi connectivity index (χ3v) is 9.64. The number of unbranched alkanes of at least 4 members (excludes halogenated alkanes) is 2. The van der Waals surface area contributed by atoms with E-state index < -0.39 is 12.1 Å². The van der Waals surface area contributed by atoms with E-state index in [0.29, 0.717) is 223 Å². The normalized spacial score (nSPS) is 12.2. The number of hydrogen-bond acceptors (Lipinski definition) is 19. The van der Waals surface area contributed by atoms with Gasteiger partial charge >= 0.3 is 0 Å². The van der Waals surface area contributed by atoms with Gasteiger partial charge in [-0.1, -0.05) is 12.8 Å². The Kier molecular flexibility index (Phi) is 52.5. The third kappa shape index (κ3) is 51.4. The summed E-state index contributed by atoms with van der Waals surface area (Å²) in [5.74, 6) is -0.431. The zero-order valence-electron chi connectivity index (χ0n) is 41.9. The molecule has 0 aliphatic heterocycles. The maximum absolute atomic E-state index is 12.0. The van der Waals surface area contributed by atoms with Gasteiger partial charge in [0, 0.05) is 65.4 Å². The van der Waals surface area contributed by atoms with Gasteiger partial charge in [0.2, 0.25) is 23.6 Å². The molecule has 0 saturated carbocycles. The lowest BCUT2D eigenvalue weighted by molar-refractivity contribution is -0.123. The van der Waals surface area contributed by atoms with Gasteiger partial charge in [-0.3, -0.25) is 19.2 Å². The van der Waals surface area contributed by atoms with Crippen LogP contribution in [0.5, 0.6) is 0 Å². The van der Waals surface area contributed by atoms with Crippen molar-refractivity contribution >= 4 is 23.6 Å². The summed E-state index contributed by atoms with van der Waals surface area (Å²) in [5, 5.41) is 11.3. The molecule has 0 bridgehead atoms. The van der Waals surface area contributed by atoms with Crippen LogP contribution in [-0.2, 0) is 71.3 Å². The molecule has 0 fully saturated rings. The molecule has 23 nitrogen and oxygen atoms in total. The molecule has 4 amide bonds. The average Bonchev–Trinajstić information content (AvgIpc) is 3.34. The predicted octanol–water partition coefficient (Wildman–Crippen LogP) is -1.11. The smallest absolute Gasteiger partial charge is 0.236 e. The van der Waals surface area contributed by atoms with Crippen LogP contribution in [0.1, 0.15) is 77.0 Å². The van der Waals surface area contributed by atoms with Crippen molar-refractivity contribution in [3.63, 3.8) is 0 Å². The first-order valence-corrected chi connectivity index (χ1v) is 25.2. The van der Waals surface area contributed by atoms with E-state index in [0.717, 1.165) is 25.7 Å². The topological polar surface area (TPSA) is 322 Å². The molecule has 2 unspecified atom stereocenters. The second kappa shape index (κ2) is 54.6. The van der Waals surface area contributed by atoms with Crippen molar-refractivity contribution in [2.45, 2.75) is 89.1 Å². The Morgan fingerprint density at radius 3 is 0.797 bits per heavy atom. The Hall–Kier alpha value is -2.72. The van der Waals surface area contributed by atoms with Gasteiger partial charge in [-0.2, -0.15) is 0 Å². The van der Waals surface area contributed by atoms with Crippen molar-refractivity contribution in [1.29, 1.82) is 0 Å². The maximum atomic E-state index is 12.0. The van der Waals surface area contributed by atoms with E-state index in [2.05, 4.69) is 21.3 Å². The lowest BCUT2D eigenvalue weighted by atomic mass is 10.1. The third-order valence-electron chi connectivity index (χ3n) is 9.64. The molecule has 0 saturated heterocycles. The summed E-state index contributed by atoms with van der Waals surface area (Å²) in [5.41, 5.74) is 22.6. The highest BCUT2D eigenvalue weighted by Crippen LogP contribution is 1.99. The molecule has 0 aromatic carbocycles. The summed E-state index contributed by atoms with van der Waals surface area (Å²) in [7, 11) is 0. The fourth-order valence-electron chi connectivity index (χ4n) is 5.69. The van der Waals surface area contributed by atoms with Gasteiger partial charge in [0.15, 0.2) is 0 Å². The first kappa shape index (κ1) is 66.3. The van der Waals surface area contributed by atoms with Crippen molar-refractivity contribution in [2.24, 2.45) is 22.9 Å². The minimum Gasteiger partial charge on any atom is -0.379 e. The maximum Gasteiger partial charge on any atom is 0.236 e. The van der Waals surface area contributed by atoms with E-state index in [1.807, 2.05) is 0 Å². The van der Waals surface area contributed by atoms with Crippen molar-refractivity contribution in [2.75, 3.05) is 185 Å². The molecule has 0 aliphatic carbocycles. The number of carbonyl (C=O) groups excluding carboxylic acids is 4. The number of rotatable bonds is 56. The number of ether oxygens (including phenoxy) is 11. The number of nitrogens with two attached hydrogens (primary N) is 4. The number of carbonyl (C=O) groups is 4. The van der Waals surface area contributed by atoms with E-state index in [4.69, 9.17) is 75.0 Å². The van der Waals surface area contributed by atoms with Crippen LogP contribution in [0.4, 0.5) is 0 Å². The summed E-state index contributed by atoms with van der Waals surface area (Å²) in [4.78, 5) is 47.8. The Morgan fingerprint density at radius 1 is 0.304 bits per heavy atom. The van der Waals surface area contributed by atoms with Gasteiger partial charge in [0.05, 0.1) is 131 Å². The van der Waals surface area contributed by atoms with Crippen LogP contribution >= 0.6 is 0 Å². The monoisotopic (exact) mass is 999 g/mol. The van der Waals surface area contributed by atoms with Gasteiger partial charge in [-0.05, 0) is 64.5 Å². The van der Waals surface area contributed by atoms with Gasteiger partial charge < -0.3 is 96.3 Å². The van der Waals surface area contributed by atoms with Crippen LogP contribution in [-0.4, -0.2) is 220 Å². The van der Waals surface area contributed by atoms with Crippen LogP contribution in [0.3, 0.4) is 0 Å². The molecule has 2 atom stereocenters. The molecule has 0 heterocycles. The van der Waals surface area contributed by atoms with Crippen LogP contribution in [0.2, 0.25) is 0 Å². The molecule has 0 radical (unpaired) electrons. The zero-order valence-corrected chi connectivity index (χ0v) is 41.9. The average molecular weight is 999 g/mol. The van der Waals surface area contributed by atoms with Gasteiger partial charge in [-0.15, -0.1) is 0 Å². The second-order valence-electron chi connectivity index (χ2n) is 15.7. The molecule has 0 aromatic rings. The van der Waals surface area contributed by atoms with Gasteiger partial charge in [0.25, 0.3) is 0 Å². The Morgan fingerprint density at radius 2 is 0.536 bits per heavy atom. The second-order valence-corrected chi connectivity index (χ2v) is 15.7. The van der Waals surface area contributed by atoms with Crippen molar-refractivity contribution in [3.8, 4) is 0 Å². The fraction of sp³-hybridized carbons (Fsp3) is 0.913. The molecule has 0 aromatic heterocycles. The lowest BCUT2D eigenvalue weighted by Gasteiger charge is -2.12. The zero-order chi connectivity index (χ0) is 50.4. The Balaban J connectivity index is 3.28. The largest absolute Gasteiger partial charge is 0.379 e. The highest BCUT2D eigenvalue weighted by molar-refractivity contribution is 5.81. The van der Waals surface area contributed by atoms with Crippen LogP contribution in [0, 0.1) is 0 Å². The summed E-state index contributed by atoms with van der Waals surface area (Å²) in [6.45, 7) is 13.0. The highest BCUT2D eigenvalue weighted by Gasteiger charge is 2.13. The van der Waals surface area contributed by atoms with E-state index in [9.17, 15) is 19.2 Å². The minimum absolute atomic E-state index is 0.0769. The van der Waals surface area contributed by atoms with E-state index in [1.54, 1.807) is 0 Å². The van der Waals surface area contributed by atoms with Gasteiger partial charge in [-0.25, -0.2) is 0 Å². The molecule has 0 rings (SSSR count). The Bertz CT molecular complexity index is 1070. The highest BCUT2D eigenvalue weighted by atomic mass is 16.6. The molecule has 23 heteroatoms. The predicted molar refractivity (Wildman–Crippen MR) is 261 cm³/mol. The number of amides is 4. The summed E-state index contributed by atoms with van der Waals surface area (Å²) < 4.78 is 60.5. The summed E-state index contributed by atoms with van der Waals surface area (Å²) in [6, 6.07) is -0.982. The first-order valence-electron chi connectivity index (χ1n) is 25.2. The molecule has 408 valence electrons. The van der Waals surface area contributed by atoms with Crippen molar-refractivity contribution in [1.82, 2.24) is 21.3 Å². The molecular formula is C46H94N8O15. The Labute approximate surface area is 412 Å². The SMILES string of the molecule is NCCCCC(N)C(=O)NCCCOCCOCCOCCCNC(=O)CCOCCOCCOCCOCCOCCC(=O)NCCCOCCOCCOCCCNC(=O)C(N)CCCCN. The molecular weight excluding hydrogens is 905 g/mol. The van der Waals surface area contributed by atoms with E-state index >= 15 is 0 Å². The molecule has 12 N–H and O–H groups in total. The van der Waals surface area contributed by atoms with Crippen LogP contribution in [0.15, 0.2) is 0 Å². The minimum atomic E-state index is -0.491. The molecule has 0 aliphatic rings. The van der Waals surface area contributed by atoms with E-state index in [1.165, 1.54) is 0 Å². The number of nitrogens with one attached hydrogen (secondary N) is 4. The fourth-order valence-corrected chi connectivity index (χ4v) is 5.69. The van der Waals surface area contributed by atoms with Crippen LogP contribution < -0.4 is 44.2 Å². The van der Waals surface area contributed by atoms with E-state index in [-0.39, 0.29) is 36.5 Å². The summed E-state index contributed by atoms with van der Waals surface area (Å²) in [6.07, 6.45) is 8.05. The first-order chi connectivity index (χ1) is 33.8. The van der Waals surface area contributed by atoms with Gasteiger partial charge in [0.1, 0.15) is 0 Å².